The molecule has 4 rings (SSSR count). The van der Waals surface area contributed by atoms with Crippen LogP contribution in [0, 0.1) is 13.8 Å². The van der Waals surface area contributed by atoms with Crippen LogP contribution in [-0.4, -0.2) is 16.7 Å². The molecule has 0 bridgehead atoms. The number of rotatable bonds is 5. The number of hydrogen-bond donors (Lipinski definition) is 1. The number of hydrogen-bond acceptors (Lipinski definition) is 3. The molecule has 0 fully saturated rings. The van der Waals surface area contributed by atoms with Gasteiger partial charge in [0.1, 0.15) is 5.70 Å². The molecular formula is C25H21BrN2O2. The van der Waals surface area contributed by atoms with E-state index in [0.717, 1.165) is 32.4 Å². The van der Waals surface area contributed by atoms with Crippen LogP contribution >= 0.6 is 15.9 Å². The molecule has 3 aromatic rings. The zero-order valence-corrected chi connectivity index (χ0v) is 18.4. The van der Waals surface area contributed by atoms with Gasteiger partial charge in [-0.15, -0.1) is 0 Å². The monoisotopic (exact) mass is 460 g/mol. The molecule has 0 saturated carbocycles. The fraction of sp³-hybridized carbons (Fsp3) is 0.120. The summed E-state index contributed by atoms with van der Waals surface area (Å²) in [5, 5.41) is 3.19. The van der Waals surface area contributed by atoms with Gasteiger partial charge in [0, 0.05) is 10.2 Å². The second-order valence-corrected chi connectivity index (χ2v) is 8.35. The number of benzene rings is 3. The Hall–Kier alpha value is -3.18. The third-order valence-corrected chi connectivity index (χ3v) is 5.56. The van der Waals surface area contributed by atoms with Crippen LogP contribution in [0.1, 0.15) is 22.3 Å². The van der Waals surface area contributed by atoms with Crippen LogP contribution in [0.25, 0.3) is 5.57 Å². The van der Waals surface area contributed by atoms with Crippen molar-refractivity contribution in [3.63, 3.8) is 0 Å². The number of anilines is 1. The number of carbonyl (C=O) groups is 2. The second-order valence-electron chi connectivity index (χ2n) is 7.43. The minimum atomic E-state index is -0.323. The highest BCUT2D eigenvalue weighted by Crippen LogP contribution is 2.32. The molecule has 1 N–H and O–H groups in total. The number of carbonyl (C=O) groups excluding carboxylic acids is 2. The van der Waals surface area contributed by atoms with E-state index in [1.807, 2.05) is 86.6 Å². The number of nitrogens with zero attached hydrogens (tertiary/aromatic N) is 1. The summed E-state index contributed by atoms with van der Waals surface area (Å²) < 4.78 is 0.887. The Kier molecular flexibility index (Phi) is 5.55. The van der Waals surface area contributed by atoms with E-state index >= 15 is 0 Å². The van der Waals surface area contributed by atoms with E-state index in [1.165, 1.54) is 4.90 Å². The molecule has 1 heterocycles. The van der Waals surface area contributed by atoms with Gasteiger partial charge in [-0.1, -0.05) is 81.7 Å². The summed E-state index contributed by atoms with van der Waals surface area (Å²) in [6.45, 7) is 4.23. The Balaban J connectivity index is 1.73. The van der Waals surface area contributed by atoms with Crippen molar-refractivity contribution in [1.82, 2.24) is 4.90 Å². The summed E-state index contributed by atoms with van der Waals surface area (Å²) >= 11 is 3.45. The van der Waals surface area contributed by atoms with Gasteiger partial charge in [0.15, 0.2) is 0 Å². The molecule has 150 valence electrons. The second kappa shape index (κ2) is 8.28. The van der Waals surface area contributed by atoms with Gasteiger partial charge in [0.05, 0.1) is 12.1 Å². The van der Waals surface area contributed by atoms with Crippen LogP contribution in [0.4, 0.5) is 5.69 Å². The smallest absolute Gasteiger partial charge is 0.278 e. The van der Waals surface area contributed by atoms with Crippen molar-refractivity contribution in [2.75, 3.05) is 5.32 Å². The molecule has 0 spiro atoms. The van der Waals surface area contributed by atoms with Crippen LogP contribution in [0.3, 0.4) is 0 Å². The van der Waals surface area contributed by atoms with Crippen molar-refractivity contribution in [1.29, 1.82) is 0 Å². The van der Waals surface area contributed by atoms with E-state index < -0.39 is 0 Å². The van der Waals surface area contributed by atoms with Crippen molar-refractivity contribution in [2.45, 2.75) is 20.4 Å². The summed E-state index contributed by atoms with van der Waals surface area (Å²) in [4.78, 5) is 27.9. The van der Waals surface area contributed by atoms with Gasteiger partial charge in [-0.25, -0.2) is 0 Å². The molecule has 5 heteroatoms. The van der Waals surface area contributed by atoms with Crippen molar-refractivity contribution in [2.24, 2.45) is 0 Å². The molecule has 0 saturated heterocycles. The molecule has 0 atom stereocenters. The maximum atomic E-state index is 13.3. The molecule has 2 amide bonds. The minimum Gasteiger partial charge on any atom is -0.350 e. The largest absolute Gasteiger partial charge is 0.350 e. The fourth-order valence-corrected chi connectivity index (χ4v) is 3.81. The van der Waals surface area contributed by atoms with Crippen LogP contribution in [0.5, 0.6) is 0 Å². The molecule has 30 heavy (non-hydrogen) atoms. The Morgan fingerprint density at radius 2 is 1.47 bits per heavy atom. The van der Waals surface area contributed by atoms with Crippen molar-refractivity contribution < 1.29 is 9.59 Å². The molecule has 0 aromatic heterocycles. The van der Waals surface area contributed by atoms with Crippen molar-refractivity contribution in [3.05, 3.63) is 105 Å². The molecule has 4 nitrogen and oxygen atoms in total. The predicted octanol–water partition coefficient (Wildman–Crippen LogP) is 5.46. The first-order chi connectivity index (χ1) is 14.4. The van der Waals surface area contributed by atoms with E-state index in [4.69, 9.17) is 0 Å². The number of aryl methyl sites for hydroxylation is 2. The molecular weight excluding hydrogens is 440 g/mol. The lowest BCUT2D eigenvalue weighted by Crippen LogP contribution is -2.32. The highest BCUT2D eigenvalue weighted by molar-refractivity contribution is 9.10. The number of nitrogens with one attached hydrogen (secondary N) is 1. The number of halogens is 1. The van der Waals surface area contributed by atoms with E-state index in [-0.39, 0.29) is 18.4 Å². The zero-order valence-electron chi connectivity index (χ0n) is 16.8. The van der Waals surface area contributed by atoms with Crippen LogP contribution in [0.2, 0.25) is 0 Å². The first-order valence-electron chi connectivity index (χ1n) is 9.68. The fourth-order valence-electron chi connectivity index (χ4n) is 3.41. The Morgan fingerprint density at radius 3 is 2.10 bits per heavy atom. The highest BCUT2D eigenvalue weighted by Gasteiger charge is 2.39. The van der Waals surface area contributed by atoms with Crippen LogP contribution in [0.15, 0.2) is 83.0 Å². The summed E-state index contributed by atoms with van der Waals surface area (Å²) in [6.07, 6.45) is 0. The van der Waals surface area contributed by atoms with Gasteiger partial charge in [-0.2, -0.15) is 0 Å². The zero-order chi connectivity index (χ0) is 21.3. The van der Waals surface area contributed by atoms with Crippen LogP contribution in [-0.2, 0) is 16.1 Å². The Labute approximate surface area is 184 Å². The van der Waals surface area contributed by atoms with E-state index in [0.29, 0.717) is 11.3 Å². The van der Waals surface area contributed by atoms with Gasteiger partial charge in [0.2, 0.25) is 0 Å². The lowest BCUT2D eigenvalue weighted by atomic mass is 10.0. The van der Waals surface area contributed by atoms with Gasteiger partial charge in [-0.3, -0.25) is 14.5 Å². The molecule has 3 aromatic carbocycles. The lowest BCUT2D eigenvalue weighted by molar-refractivity contribution is -0.137. The summed E-state index contributed by atoms with van der Waals surface area (Å²) in [5.41, 5.74) is 5.29. The first-order valence-corrected chi connectivity index (χ1v) is 10.5. The van der Waals surface area contributed by atoms with Gasteiger partial charge in [0.25, 0.3) is 11.8 Å². The summed E-state index contributed by atoms with van der Waals surface area (Å²) in [7, 11) is 0. The minimum absolute atomic E-state index is 0.233. The van der Waals surface area contributed by atoms with Crippen molar-refractivity contribution in [3.8, 4) is 0 Å². The van der Waals surface area contributed by atoms with Gasteiger partial charge >= 0.3 is 0 Å². The predicted molar refractivity (Wildman–Crippen MR) is 123 cm³/mol. The molecule has 0 aliphatic carbocycles. The SMILES string of the molecule is Cc1ccc(CN2C(=O)C(Nc3cccc(Br)c3)=C(c3ccc(C)cc3)C2=O)cc1. The maximum absolute atomic E-state index is 13.3. The standard InChI is InChI=1S/C25H21BrN2O2/c1-16-6-10-18(11-7-16)15-28-24(29)22(19-12-8-17(2)9-13-19)23(25(28)30)27-21-5-3-4-20(26)14-21/h3-14,27H,15H2,1-2H3. The number of imide groups is 1. The van der Waals surface area contributed by atoms with Crippen molar-refractivity contribution >= 4 is 39.0 Å². The topological polar surface area (TPSA) is 49.4 Å². The van der Waals surface area contributed by atoms with E-state index in [2.05, 4.69) is 21.2 Å². The Bertz CT molecular complexity index is 1150. The van der Waals surface area contributed by atoms with E-state index in [1.54, 1.807) is 0 Å². The average Bonchev–Trinajstić information content (AvgIpc) is 2.95. The summed E-state index contributed by atoms with van der Waals surface area (Å²) in [5.74, 6) is -0.613. The lowest BCUT2D eigenvalue weighted by Gasteiger charge is -2.15. The molecule has 0 unspecified atom stereocenters. The van der Waals surface area contributed by atoms with Crippen LogP contribution < -0.4 is 5.32 Å². The highest BCUT2D eigenvalue weighted by atomic mass is 79.9. The third kappa shape index (κ3) is 4.07. The first kappa shape index (κ1) is 20.1. The average molecular weight is 461 g/mol. The summed E-state index contributed by atoms with van der Waals surface area (Å²) in [6, 6.07) is 23.0. The Morgan fingerprint density at radius 1 is 0.833 bits per heavy atom. The van der Waals surface area contributed by atoms with Gasteiger partial charge < -0.3 is 5.32 Å². The van der Waals surface area contributed by atoms with E-state index in [9.17, 15) is 9.59 Å². The maximum Gasteiger partial charge on any atom is 0.278 e. The van der Waals surface area contributed by atoms with Gasteiger partial charge in [-0.05, 0) is 43.2 Å². The molecule has 1 aliphatic heterocycles. The molecule has 0 radical (unpaired) electrons. The normalized spacial score (nSPS) is 13.9. The third-order valence-electron chi connectivity index (χ3n) is 5.06. The quantitative estimate of drug-likeness (QED) is 0.514. The molecule has 1 aliphatic rings. The number of amides is 2.